The van der Waals surface area contributed by atoms with Gasteiger partial charge in [0.15, 0.2) is 17.6 Å². The third kappa shape index (κ3) is 4.05. The van der Waals surface area contributed by atoms with Crippen LogP contribution in [0.25, 0.3) is 0 Å². The van der Waals surface area contributed by atoms with Crippen LogP contribution < -0.4 is 19.5 Å². The molecule has 0 radical (unpaired) electrons. The first kappa shape index (κ1) is 17.6. The van der Waals surface area contributed by atoms with E-state index >= 15 is 0 Å². The molecule has 0 aromatic heterocycles. The van der Waals surface area contributed by atoms with Gasteiger partial charge in [0.05, 0.1) is 12.7 Å². The van der Waals surface area contributed by atoms with Crippen LogP contribution in [-0.4, -0.2) is 31.9 Å². The fourth-order valence-electron chi connectivity index (χ4n) is 2.38. The lowest BCUT2D eigenvalue weighted by Gasteiger charge is -2.14. The molecule has 7 heteroatoms. The molecule has 1 atom stereocenters. The molecule has 3 rings (SSSR count). The highest BCUT2D eigenvalue weighted by molar-refractivity contribution is 5.92. The summed E-state index contributed by atoms with van der Waals surface area (Å²) in [7, 11) is 1.59. The van der Waals surface area contributed by atoms with E-state index in [4.69, 9.17) is 18.9 Å². The van der Waals surface area contributed by atoms with Crippen molar-refractivity contribution < 1.29 is 28.5 Å². The molecular formula is C19H19NO6. The van der Waals surface area contributed by atoms with Crippen LogP contribution in [0, 0.1) is 0 Å². The van der Waals surface area contributed by atoms with Gasteiger partial charge in [-0.3, -0.25) is 4.79 Å². The highest BCUT2D eigenvalue weighted by atomic mass is 16.7. The molecule has 1 N–H and O–H groups in total. The molecule has 0 aliphatic carbocycles. The van der Waals surface area contributed by atoms with Crippen LogP contribution in [0.1, 0.15) is 22.8 Å². The van der Waals surface area contributed by atoms with Crippen molar-refractivity contribution in [2.45, 2.75) is 19.6 Å². The summed E-state index contributed by atoms with van der Waals surface area (Å²) >= 11 is 0. The topological polar surface area (TPSA) is 83.1 Å². The van der Waals surface area contributed by atoms with E-state index in [0.717, 1.165) is 11.3 Å². The number of amides is 1. The van der Waals surface area contributed by atoms with Gasteiger partial charge in [0.1, 0.15) is 5.75 Å². The Hall–Kier alpha value is -3.22. The lowest BCUT2D eigenvalue weighted by atomic mass is 10.2. The number of hydrogen-bond donors (Lipinski definition) is 1. The van der Waals surface area contributed by atoms with Gasteiger partial charge in [-0.15, -0.1) is 0 Å². The number of carbonyl (C=O) groups is 2. The van der Waals surface area contributed by atoms with Crippen LogP contribution in [-0.2, 0) is 16.1 Å². The van der Waals surface area contributed by atoms with Crippen LogP contribution in [0.3, 0.4) is 0 Å². The van der Waals surface area contributed by atoms with E-state index in [-0.39, 0.29) is 12.7 Å². The summed E-state index contributed by atoms with van der Waals surface area (Å²) in [5, 5.41) is 2.73. The summed E-state index contributed by atoms with van der Waals surface area (Å²) in [6, 6.07) is 12.1. The van der Waals surface area contributed by atoms with Crippen LogP contribution in [0.2, 0.25) is 0 Å². The Labute approximate surface area is 150 Å². The minimum atomic E-state index is -0.925. The lowest BCUT2D eigenvalue weighted by Crippen LogP contribution is -2.35. The van der Waals surface area contributed by atoms with E-state index in [0.29, 0.717) is 23.6 Å². The second-order valence-corrected chi connectivity index (χ2v) is 5.68. The van der Waals surface area contributed by atoms with Crippen LogP contribution in [0.15, 0.2) is 42.5 Å². The van der Waals surface area contributed by atoms with E-state index in [9.17, 15) is 9.59 Å². The molecule has 136 valence electrons. The molecule has 0 saturated carbocycles. The zero-order valence-corrected chi connectivity index (χ0v) is 14.5. The van der Waals surface area contributed by atoms with Crippen molar-refractivity contribution in [2.24, 2.45) is 0 Å². The molecule has 1 heterocycles. The summed E-state index contributed by atoms with van der Waals surface area (Å²) in [6.45, 7) is 1.97. The number of carbonyl (C=O) groups excluding carboxylic acids is 2. The number of fused-ring (bicyclic) bond motifs is 1. The van der Waals surface area contributed by atoms with Crippen molar-refractivity contribution in [1.29, 1.82) is 0 Å². The van der Waals surface area contributed by atoms with Crippen molar-refractivity contribution in [3.63, 3.8) is 0 Å². The first-order valence-corrected chi connectivity index (χ1v) is 8.08. The zero-order chi connectivity index (χ0) is 18.5. The van der Waals surface area contributed by atoms with Gasteiger partial charge in [0.25, 0.3) is 5.91 Å². The van der Waals surface area contributed by atoms with Crippen molar-refractivity contribution >= 4 is 11.9 Å². The summed E-state index contributed by atoms with van der Waals surface area (Å²) in [5.74, 6) is 0.819. The Kier molecular flexibility index (Phi) is 5.26. The molecule has 26 heavy (non-hydrogen) atoms. The Morgan fingerprint density at radius 1 is 1.12 bits per heavy atom. The first-order chi connectivity index (χ1) is 12.6. The summed E-state index contributed by atoms with van der Waals surface area (Å²) in [5.41, 5.74) is 1.21. The number of hydrogen-bond acceptors (Lipinski definition) is 6. The number of methoxy groups -OCH3 is 1. The standard InChI is InChI=1S/C19H19NO6/c1-12(18(21)20-10-13-3-6-15(23-2)7-4-13)26-19(22)14-5-8-16-17(9-14)25-11-24-16/h3-9,12H,10-11H2,1-2H3,(H,20,21)/t12-/m1/s1. The normalized spacial score (nSPS) is 13.0. The number of ether oxygens (including phenoxy) is 4. The number of rotatable bonds is 6. The maximum absolute atomic E-state index is 12.2. The Balaban J connectivity index is 1.52. The summed E-state index contributed by atoms with van der Waals surface area (Å²) in [6.07, 6.45) is -0.925. The highest BCUT2D eigenvalue weighted by Gasteiger charge is 2.21. The van der Waals surface area contributed by atoms with Crippen molar-refractivity contribution in [3.8, 4) is 17.2 Å². The number of nitrogens with one attached hydrogen (secondary N) is 1. The maximum atomic E-state index is 12.2. The number of esters is 1. The van der Waals surface area contributed by atoms with Crippen molar-refractivity contribution in [1.82, 2.24) is 5.32 Å². The average molecular weight is 357 g/mol. The summed E-state index contributed by atoms with van der Waals surface area (Å²) < 4.78 is 20.7. The molecule has 0 saturated heterocycles. The predicted molar refractivity (Wildman–Crippen MR) is 92.3 cm³/mol. The molecule has 1 aliphatic rings. The molecule has 0 fully saturated rings. The van der Waals surface area contributed by atoms with E-state index < -0.39 is 12.1 Å². The average Bonchev–Trinajstić information content (AvgIpc) is 3.14. The van der Waals surface area contributed by atoms with Crippen molar-refractivity contribution in [2.75, 3.05) is 13.9 Å². The minimum absolute atomic E-state index is 0.123. The predicted octanol–water partition coefficient (Wildman–Crippen LogP) is 2.29. The van der Waals surface area contributed by atoms with Gasteiger partial charge in [-0.25, -0.2) is 4.79 Å². The van der Waals surface area contributed by atoms with Gasteiger partial charge in [0, 0.05) is 6.54 Å². The second-order valence-electron chi connectivity index (χ2n) is 5.68. The monoisotopic (exact) mass is 357 g/mol. The second kappa shape index (κ2) is 7.77. The first-order valence-electron chi connectivity index (χ1n) is 8.08. The highest BCUT2D eigenvalue weighted by Crippen LogP contribution is 2.32. The Morgan fingerprint density at radius 3 is 2.58 bits per heavy atom. The zero-order valence-electron chi connectivity index (χ0n) is 14.5. The molecule has 2 aromatic rings. The molecule has 1 amide bonds. The van der Waals surface area contributed by atoms with Gasteiger partial charge in [-0.05, 0) is 42.8 Å². The van der Waals surface area contributed by atoms with E-state index in [2.05, 4.69) is 5.32 Å². The van der Waals surface area contributed by atoms with Gasteiger partial charge in [-0.1, -0.05) is 12.1 Å². The molecular weight excluding hydrogens is 338 g/mol. The third-order valence-electron chi connectivity index (χ3n) is 3.89. The fourth-order valence-corrected chi connectivity index (χ4v) is 2.38. The van der Waals surface area contributed by atoms with Gasteiger partial charge in [-0.2, -0.15) is 0 Å². The van der Waals surface area contributed by atoms with Gasteiger partial charge >= 0.3 is 5.97 Å². The molecule has 0 unspecified atom stereocenters. The van der Waals surface area contributed by atoms with Crippen LogP contribution in [0.5, 0.6) is 17.2 Å². The fraction of sp³-hybridized carbons (Fsp3) is 0.263. The van der Waals surface area contributed by atoms with Crippen LogP contribution in [0.4, 0.5) is 0 Å². The molecule has 7 nitrogen and oxygen atoms in total. The largest absolute Gasteiger partial charge is 0.497 e. The van der Waals surface area contributed by atoms with E-state index in [1.807, 2.05) is 24.3 Å². The molecule has 0 spiro atoms. The van der Waals surface area contributed by atoms with E-state index in [1.54, 1.807) is 19.2 Å². The molecule has 2 aromatic carbocycles. The third-order valence-corrected chi connectivity index (χ3v) is 3.89. The van der Waals surface area contributed by atoms with E-state index in [1.165, 1.54) is 13.0 Å². The quantitative estimate of drug-likeness (QED) is 0.799. The van der Waals surface area contributed by atoms with Crippen LogP contribution >= 0.6 is 0 Å². The Bertz CT molecular complexity index is 802. The van der Waals surface area contributed by atoms with Crippen molar-refractivity contribution in [3.05, 3.63) is 53.6 Å². The molecule has 1 aliphatic heterocycles. The Morgan fingerprint density at radius 2 is 1.85 bits per heavy atom. The van der Waals surface area contributed by atoms with Gasteiger partial charge < -0.3 is 24.3 Å². The summed E-state index contributed by atoms with van der Waals surface area (Å²) in [4.78, 5) is 24.3. The van der Waals surface area contributed by atoms with Gasteiger partial charge in [0.2, 0.25) is 6.79 Å². The number of benzene rings is 2. The molecule has 0 bridgehead atoms. The minimum Gasteiger partial charge on any atom is -0.497 e. The maximum Gasteiger partial charge on any atom is 0.339 e. The SMILES string of the molecule is COc1ccc(CNC(=O)[C@@H](C)OC(=O)c2ccc3c(c2)OCO3)cc1. The lowest BCUT2D eigenvalue weighted by molar-refractivity contribution is -0.129. The smallest absolute Gasteiger partial charge is 0.339 e.